The van der Waals surface area contributed by atoms with Gasteiger partial charge in [-0.25, -0.2) is 9.78 Å². The third-order valence-electron chi connectivity index (χ3n) is 5.52. The van der Waals surface area contributed by atoms with Crippen LogP contribution in [-0.2, 0) is 24.3 Å². The molecule has 0 saturated heterocycles. The molecular formula is C24H32N2O5Si. The van der Waals surface area contributed by atoms with Gasteiger partial charge in [-0.1, -0.05) is 50.0 Å². The number of aromatic hydroxyl groups is 1. The van der Waals surface area contributed by atoms with Crippen LogP contribution in [0.1, 0.15) is 27.3 Å². The Bertz CT molecular complexity index is 1090. The van der Waals surface area contributed by atoms with Crippen LogP contribution in [0.4, 0.5) is 0 Å². The van der Waals surface area contributed by atoms with E-state index in [0.29, 0.717) is 29.9 Å². The van der Waals surface area contributed by atoms with Gasteiger partial charge in [0.1, 0.15) is 23.8 Å². The molecule has 3 aromatic rings. The standard InChI is InChI=1S/C24H32N2O5Si/c1-16-25-22-21(26(16)15-31-10-11-32(2,3)4)14-20(24(29)30)19(23(22)28)13-18(27)12-17-8-6-5-7-9-17/h5-9,14,18,27-28H,10-13,15H2,1-4H3,(H,29,30). The van der Waals surface area contributed by atoms with E-state index in [1.165, 1.54) is 6.07 Å². The van der Waals surface area contributed by atoms with Crippen molar-refractivity contribution in [2.75, 3.05) is 6.61 Å². The van der Waals surface area contributed by atoms with Crippen LogP contribution < -0.4 is 0 Å². The summed E-state index contributed by atoms with van der Waals surface area (Å²) in [6, 6.07) is 12.0. The smallest absolute Gasteiger partial charge is 0.336 e. The molecule has 172 valence electrons. The summed E-state index contributed by atoms with van der Waals surface area (Å²) in [6.07, 6.45) is -0.473. The first-order chi connectivity index (χ1) is 15.1. The average Bonchev–Trinajstić information content (AvgIpc) is 3.02. The quantitative estimate of drug-likeness (QED) is 0.312. The number of carboxylic acid groups (broad SMARTS) is 1. The molecule has 0 aliphatic heterocycles. The van der Waals surface area contributed by atoms with Gasteiger partial charge >= 0.3 is 5.97 Å². The summed E-state index contributed by atoms with van der Waals surface area (Å²) in [5.74, 6) is -0.730. The largest absolute Gasteiger partial charge is 0.505 e. The maximum atomic E-state index is 12.0. The van der Waals surface area contributed by atoms with Crippen molar-refractivity contribution in [3.05, 3.63) is 58.9 Å². The molecule has 32 heavy (non-hydrogen) atoms. The topological polar surface area (TPSA) is 105 Å². The molecule has 0 aliphatic carbocycles. The molecule has 3 N–H and O–H groups in total. The number of rotatable bonds is 10. The summed E-state index contributed by atoms with van der Waals surface area (Å²) < 4.78 is 7.61. The summed E-state index contributed by atoms with van der Waals surface area (Å²) in [5, 5.41) is 31.3. The number of aromatic nitrogens is 2. The molecule has 0 saturated carbocycles. The zero-order valence-corrected chi connectivity index (χ0v) is 20.1. The van der Waals surface area contributed by atoms with E-state index in [9.17, 15) is 20.1 Å². The summed E-state index contributed by atoms with van der Waals surface area (Å²) in [4.78, 5) is 16.5. The zero-order chi connectivity index (χ0) is 23.5. The Balaban J connectivity index is 1.89. The second-order valence-electron chi connectivity index (χ2n) is 9.41. The number of hydrogen-bond acceptors (Lipinski definition) is 5. The molecule has 0 amide bonds. The highest BCUT2D eigenvalue weighted by Crippen LogP contribution is 2.33. The van der Waals surface area contributed by atoms with Gasteiger partial charge in [0, 0.05) is 26.7 Å². The maximum absolute atomic E-state index is 12.0. The lowest BCUT2D eigenvalue weighted by molar-refractivity contribution is 0.0693. The van der Waals surface area contributed by atoms with E-state index in [1.807, 2.05) is 30.3 Å². The lowest BCUT2D eigenvalue weighted by Gasteiger charge is -2.17. The number of benzene rings is 2. The maximum Gasteiger partial charge on any atom is 0.336 e. The number of aliphatic hydroxyl groups excluding tert-OH is 1. The van der Waals surface area contributed by atoms with Gasteiger partial charge in [0.15, 0.2) is 0 Å². The predicted molar refractivity (Wildman–Crippen MR) is 127 cm³/mol. The molecule has 0 aliphatic rings. The number of fused-ring (bicyclic) bond motifs is 1. The van der Waals surface area contributed by atoms with Crippen LogP contribution in [0.3, 0.4) is 0 Å². The van der Waals surface area contributed by atoms with Gasteiger partial charge in [-0.15, -0.1) is 0 Å². The highest BCUT2D eigenvalue weighted by molar-refractivity contribution is 6.76. The second kappa shape index (κ2) is 9.85. The summed E-state index contributed by atoms with van der Waals surface area (Å²) in [6.45, 7) is 9.49. The highest BCUT2D eigenvalue weighted by atomic mass is 28.3. The number of carbonyl (C=O) groups is 1. The lowest BCUT2D eigenvalue weighted by Crippen LogP contribution is -2.22. The van der Waals surface area contributed by atoms with E-state index in [4.69, 9.17) is 4.74 Å². The number of carboxylic acids is 1. The Kier molecular flexibility index (Phi) is 7.38. The van der Waals surface area contributed by atoms with E-state index in [-0.39, 0.29) is 30.0 Å². The summed E-state index contributed by atoms with van der Waals surface area (Å²) >= 11 is 0. The Morgan fingerprint density at radius 3 is 2.50 bits per heavy atom. The third kappa shape index (κ3) is 5.76. The molecule has 1 atom stereocenters. The van der Waals surface area contributed by atoms with Crippen LogP contribution in [0.5, 0.6) is 5.75 Å². The van der Waals surface area contributed by atoms with E-state index < -0.39 is 20.1 Å². The Morgan fingerprint density at radius 1 is 1.19 bits per heavy atom. The molecule has 0 spiro atoms. The van der Waals surface area contributed by atoms with Crippen molar-refractivity contribution in [3.8, 4) is 5.75 Å². The van der Waals surface area contributed by atoms with Crippen LogP contribution in [0.25, 0.3) is 11.0 Å². The van der Waals surface area contributed by atoms with Gasteiger partial charge in [0.2, 0.25) is 0 Å². The number of nitrogens with zero attached hydrogens (tertiary/aromatic N) is 2. The molecule has 1 heterocycles. The number of phenols is 1. The van der Waals surface area contributed by atoms with E-state index in [0.717, 1.165) is 11.6 Å². The Hall–Kier alpha value is -2.68. The highest BCUT2D eigenvalue weighted by Gasteiger charge is 2.24. The third-order valence-corrected chi connectivity index (χ3v) is 7.22. The number of aromatic carboxylic acids is 1. The van der Waals surface area contributed by atoms with Crippen LogP contribution in [-0.4, -0.2) is 51.6 Å². The molecule has 3 rings (SSSR count). The number of phenolic OH excluding ortho intramolecular Hbond substituents is 1. The van der Waals surface area contributed by atoms with Gasteiger partial charge in [-0.3, -0.25) is 0 Å². The SMILES string of the molecule is Cc1nc2c(O)c(CC(O)Cc3ccccc3)c(C(=O)O)cc2n1COCC[Si](C)(C)C. The molecule has 1 unspecified atom stereocenters. The van der Waals surface area contributed by atoms with Crippen LogP contribution >= 0.6 is 0 Å². The van der Waals surface area contributed by atoms with Gasteiger partial charge in [-0.2, -0.15) is 0 Å². The number of hydrogen-bond donors (Lipinski definition) is 3. The van der Waals surface area contributed by atoms with Gasteiger partial charge in [0.05, 0.1) is 17.2 Å². The van der Waals surface area contributed by atoms with Crippen molar-refractivity contribution >= 4 is 25.1 Å². The molecule has 7 nitrogen and oxygen atoms in total. The number of ether oxygens (including phenoxy) is 1. The number of aliphatic hydroxyl groups is 1. The van der Waals surface area contributed by atoms with Crippen LogP contribution in [0.2, 0.25) is 25.7 Å². The summed E-state index contributed by atoms with van der Waals surface area (Å²) in [5.41, 5.74) is 1.92. The van der Waals surface area contributed by atoms with Crippen molar-refractivity contribution in [3.63, 3.8) is 0 Å². The van der Waals surface area contributed by atoms with Crippen molar-refractivity contribution in [2.45, 2.75) is 58.3 Å². The van der Waals surface area contributed by atoms with Crippen molar-refractivity contribution in [1.82, 2.24) is 9.55 Å². The second-order valence-corrected chi connectivity index (χ2v) is 15.0. The molecule has 0 radical (unpaired) electrons. The fourth-order valence-electron chi connectivity index (χ4n) is 3.69. The van der Waals surface area contributed by atoms with E-state index >= 15 is 0 Å². The van der Waals surface area contributed by atoms with Crippen molar-refractivity contribution in [1.29, 1.82) is 0 Å². The monoisotopic (exact) mass is 456 g/mol. The van der Waals surface area contributed by atoms with Gasteiger partial charge in [-0.05, 0) is 31.0 Å². The van der Waals surface area contributed by atoms with Crippen LogP contribution in [0.15, 0.2) is 36.4 Å². The summed E-state index contributed by atoms with van der Waals surface area (Å²) in [7, 11) is -1.22. The first-order valence-corrected chi connectivity index (χ1v) is 14.5. The van der Waals surface area contributed by atoms with Gasteiger partial charge < -0.3 is 24.6 Å². The first kappa shape index (κ1) is 24.0. The van der Waals surface area contributed by atoms with E-state index in [2.05, 4.69) is 24.6 Å². The normalized spacial score (nSPS) is 12.9. The zero-order valence-electron chi connectivity index (χ0n) is 19.1. The van der Waals surface area contributed by atoms with Crippen molar-refractivity contribution in [2.24, 2.45) is 0 Å². The number of aryl methyl sites for hydroxylation is 1. The van der Waals surface area contributed by atoms with E-state index in [1.54, 1.807) is 11.5 Å². The Labute approximate surface area is 189 Å². The molecule has 2 aromatic carbocycles. The molecule has 8 heteroatoms. The minimum absolute atomic E-state index is 0.0108. The molecular weight excluding hydrogens is 424 g/mol. The average molecular weight is 457 g/mol. The molecule has 0 fully saturated rings. The lowest BCUT2D eigenvalue weighted by atomic mass is 9.96. The number of imidazole rings is 1. The fraction of sp³-hybridized carbons (Fsp3) is 0.417. The molecule has 0 bridgehead atoms. The molecule has 1 aromatic heterocycles. The van der Waals surface area contributed by atoms with Gasteiger partial charge in [0.25, 0.3) is 0 Å². The van der Waals surface area contributed by atoms with Crippen LogP contribution in [0, 0.1) is 6.92 Å². The Morgan fingerprint density at radius 2 is 1.88 bits per heavy atom. The minimum Gasteiger partial charge on any atom is -0.505 e. The fourth-order valence-corrected chi connectivity index (χ4v) is 4.44. The minimum atomic E-state index is -1.22. The first-order valence-electron chi connectivity index (χ1n) is 10.8. The predicted octanol–water partition coefficient (Wildman–Crippen LogP) is 4.21. The van der Waals surface area contributed by atoms with Crippen molar-refractivity contribution < 1.29 is 24.9 Å².